The van der Waals surface area contributed by atoms with Crippen molar-refractivity contribution in [1.29, 1.82) is 0 Å². The molecule has 72 valence electrons. The van der Waals surface area contributed by atoms with Crippen molar-refractivity contribution in [2.24, 2.45) is 5.73 Å². The Morgan fingerprint density at radius 3 is 2.54 bits per heavy atom. The van der Waals surface area contributed by atoms with Crippen LogP contribution in [-0.4, -0.2) is 10.1 Å². The van der Waals surface area contributed by atoms with Crippen LogP contribution in [-0.2, 0) is 11.5 Å². The van der Waals surface area contributed by atoms with E-state index in [1.54, 1.807) is 0 Å². The van der Waals surface area contributed by atoms with E-state index in [1.807, 2.05) is 0 Å². The van der Waals surface area contributed by atoms with Crippen LogP contribution in [0, 0.1) is 0 Å². The summed E-state index contributed by atoms with van der Waals surface area (Å²) in [5.41, 5.74) is 5.08. The van der Waals surface area contributed by atoms with Gasteiger partial charge in [-0.05, 0) is 12.8 Å². The van der Waals surface area contributed by atoms with Crippen molar-refractivity contribution in [3.63, 3.8) is 0 Å². The Labute approximate surface area is 73.1 Å². The molecular formula is C7H9F2N3O. The van der Waals surface area contributed by atoms with E-state index < -0.39 is 17.4 Å². The van der Waals surface area contributed by atoms with E-state index in [1.165, 1.54) is 0 Å². The maximum absolute atomic E-state index is 12.6. The van der Waals surface area contributed by atoms with Crippen molar-refractivity contribution in [3.05, 3.63) is 11.7 Å². The fraction of sp³-hybridized carbons (Fsp3) is 0.714. The molecule has 0 aliphatic heterocycles. The summed E-state index contributed by atoms with van der Waals surface area (Å²) in [4.78, 5) is 3.56. The molecule has 0 spiro atoms. The second kappa shape index (κ2) is 2.25. The minimum atomic E-state index is -3.09. The standard InChI is InChI=1S/C7H9F2N3O/c1-6(8,9)5-11-4(12-13-5)7(10)2-3-7/h2-3,10H2,1H3. The highest BCUT2D eigenvalue weighted by Gasteiger charge is 2.46. The van der Waals surface area contributed by atoms with E-state index in [2.05, 4.69) is 14.7 Å². The monoisotopic (exact) mass is 189 g/mol. The molecule has 2 rings (SSSR count). The SMILES string of the molecule is CC(F)(F)c1nc(C2(N)CC2)no1. The Hall–Kier alpha value is -1.04. The molecule has 1 fully saturated rings. The van der Waals surface area contributed by atoms with Gasteiger partial charge in [0, 0.05) is 6.92 Å². The molecule has 13 heavy (non-hydrogen) atoms. The van der Waals surface area contributed by atoms with Crippen LogP contribution in [0.25, 0.3) is 0 Å². The lowest BCUT2D eigenvalue weighted by molar-refractivity contribution is -0.0158. The molecule has 1 saturated carbocycles. The zero-order chi connectivity index (χ0) is 9.69. The first-order chi connectivity index (χ1) is 5.92. The van der Waals surface area contributed by atoms with E-state index in [0.717, 1.165) is 12.8 Å². The van der Waals surface area contributed by atoms with Crippen LogP contribution in [0.4, 0.5) is 8.78 Å². The van der Waals surface area contributed by atoms with Crippen molar-refractivity contribution in [3.8, 4) is 0 Å². The van der Waals surface area contributed by atoms with Gasteiger partial charge in [0.15, 0.2) is 5.82 Å². The number of halogens is 2. The molecule has 0 atom stereocenters. The lowest BCUT2D eigenvalue weighted by Crippen LogP contribution is -2.20. The molecule has 4 nitrogen and oxygen atoms in total. The van der Waals surface area contributed by atoms with Gasteiger partial charge in [0.2, 0.25) is 0 Å². The van der Waals surface area contributed by atoms with Gasteiger partial charge >= 0.3 is 5.92 Å². The summed E-state index contributed by atoms with van der Waals surface area (Å²) in [5.74, 6) is -3.57. The number of nitrogens with zero attached hydrogens (tertiary/aromatic N) is 2. The summed E-state index contributed by atoms with van der Waals surface area (Å²) in [5, 5.41) is 3.43. The van der Waals surface area contributed by atoms with Crippen LogP contribution in [0.5, 0.6) is 0 Å². The maximum Gasteiger partial charge on any atom is 0.322 e. The van der Waals surface area contributed by atoms with Gasteiger partial charge in [-0.3, -0.25) is 0 Å². The minimum absolute atomic E-state index is 0.184. The van der Waals surface area contributed by atoms with E-state index in [0.29, 0.717) is 6.92 Å². The van der Waals surface area contributed by atoms with Crippen LogP contribution >= 0.6 is 0 Å². The highest BCUT2D eigenvalue weighted by molar-refractivity contribution is 5.13. The van der Waals surface area contributed by atoms with Crippen molar-refractivity contribution in [2.45, 2.75) is 31.2 Å². The van der Waals surface area contributed by atoms with Gasteiger partial charge in [-0.15, -0.1) is 0 Å². The maximum atomic E-state index is 12.6. The van der Waals surface area contributed by atoms with E-state index in [4.69, 9.17) is 5.73 Å². The third kappa shape index (κ3) is 1.41. The number of aromatic nitrogens is 2. The fourth-order valence-corrected chi connectivity index (χ4v) is 0.962. The number of rotatable bonds is 2. The van der Waals surface area contributed by atoms with Gasteiger partial charge in [-0.25, -0.2) is 0 Å². The Bertz CT molecular complexity index is 307. The molecule has 0 amide bonds. The highest BCUT2D eigenvalue weighted by atomic mass is 19.3. The second-order valence-corrected chi connectivity index (χ2v) is 3.47. The molecule has 0 saturated heterocycles. The van der Waals surface area contributed by atoms with E-state index >= 15 is 0 Å². The van der Waals surface area contributed by atoms with E-state index in [9.17, 15) is 8.78 Å². The Kier molecular flexibility index (Phi) is 1.48. The van der Waals surface area contributed by atoms with Gasteiger partial charge in [-0.1, -0.05) is 5.16 Å². The Morgan fingerprint density at radius 2 is 2.15 bits per heavy atom. The lowest BCUT2D eigenvalue weighted by Gasteiger charge is -2.01. The average Bonchev–Trinajstić information content (AvgIpc) is 2.60. The molecule has 1 aliphatic carbocycles. The van der Waals surface area contributed by atoms with Crippen LogP contribution in [0.1, 0.15) is 31.5 Å². The third-order valence-electron chi connectivity index (χ3n) is 2.04. The van der Waals surface area contributed by atoms with Gasteiger partial charge in [0.05, 0.1) is 5.54 Å². The minimum Gasteiger partial charge on any atom is -0.333 e. The third-order valence-corrected chi connectivity index (χ3v) is 2.04. The molecule has 1 aromatic heterocycles. The molecule has 0 unspecified atom stereocenters. The highest BCUT2D eigenvalue weighted by Crippen LogP contribution is 2.41. The smallest absolute Gasteiger partial charge is 0.322 e. The molecule has 0 aromatic carbocycles. The molecule has 0 bridgehead atoms. The topological polar surface area (TPSA) is 64.9 Å². The molecular weight excluding hydrogens is 180 g/mol. The van der Waals surface area contributed by atoms with Gasteiger partial charge in [0.25, 0.3) is 5.89 Å². The predicted molar refractivity (Wildman–Crippen MR) is 39.0 cm³/mol. The van der Waals surface area contributed by atoms with Gasteiger partial charge < -0.3 is 10.3 Å². The summed E-state index contributed by atoms with van der Waals surface area (Å²) in [6.45, 7) is 0.709. The molecule has 0 radical (unpaired) electrons. The first kappa shape index (κ1) is 8.55. The summed E-state index contributed by atoms with van der Waals surface area (Å²) in [7, 11) is 0. The number of hydrogen-bond donors (Lipinski definition) is 1. The van der Waals surface area contributed by atoms with Gasteiger partial charge in [0.1, 0.15) is 0 Å². The van der Waals surface area contributed by atoms with Crippen LogP contribution in [0.2, 0.25) is 0 Å². The van der Waals surface area contributed by atoms with Crippen LogP contribution in [0.15, 0.2) is 4.52 Å². The van der Waals surface area contributed by atoms with Crippen molar-refractivity contribution in [2.75, 3.05) is 0 Å². The summed E-state index contributed by atoms with van der Waals surface area (Å²) < 4.78 is 29.7. The molecule has 1 aliphatic rings. The first-order valence-electron chi connectivity index (χ1n) is 3.93. The van der Waals surface area contributed by atoms with Gasteiger partial charge in [-0.2, -0.15) is 13.8 Å². The fourth-order valence-electron chi connectivity index (χ4n) is 0.962. The first-order valence-corrected chi connectivity index (χ1v) is 3.93. The molecule has 1 heterocycles. The zero-order valence-corrected chi connectivity index (χ0v) is 7.05. The van der Waals surface area contributed by atoms with Crippen LogP contribution in [0.3, 0.4) is 0 Å². The lowest BCUT2D eigenvalue weighted by atomic mass is 10.3. The molecule has 6 heteroatoms. The summed E-state index contributed by atoms with van der Waals surface area (Å²) in [6.07, 6.45) is 1.45. The van der Waals surface area contributed by atoms with Crippen molar-refractivity contribution in [1.82, 2.24) is 10.1 Å². The number of hydrogen-bond acceptors (Lipinski definition) is 4. The number of alkyl halides is 2. The molecule has 2 N–H and O–H groups in total. The Morgan fingerprint density at radius 1 is 1.54 bits per heavy atom. The van der Waals surface area contributed by atoms with Crippen molar-refractivity contribution >= 4 is 0 Å². The number of nitrogens with two attached hydrogens (primary N) is 1. The zero-order valence-electron chi connectivity index (χ0n) is 7.05. The summed E-state index contributed by atoms with van der Waals surface area (Å²) >= 11 is 0. The quantitative estimate of drug-likeness (QED) is 0.757. The van der Waals surface area contributed by atoms with Crippen molar-refractivity contribution < 1.29 is 13.3 Å². The van der Waals surface area contributed by atoms with Crippen LogP contribution < -0.4 is 5.73 Å². The summed E-state index contributed by atoms with van der Waals surface area (Å²) in [6, 6.07) is 0. The molecule has 1 aromatic rings. The second-order valence-electron chi connectivity index (χ2n) is 3.47. The Balaban J connectivity index is 2.29. The average molecular weight is 189 g/mol. The largest absolute Gasteiger partial charge is 0.333 e. The van der Waals surface area contributed by atoms with E-state index in [-0.39, 0.29) is 5.82 Å². The normalized spacial score (nSPS) is 20.3. The predicted octanol–water partition coefficient (Wildman–Crippen LogP) is 1.13.